The lowest BCUT2D eigenvalue weighted by Gasteiger charge is -2.09. The molecule has 0 aliphatic carbocycles. The van der Waals surface area contributed by atoms with E-state index in [0.29, 0.717) is 22.7 Å². The van der Waals surface area contributed by atoms with E-state index in [1.165, 1.54) is 36.4 Å². The van der Waals surface area contributed by atoms with Crippen LogP contribution in [0.4, 0.5) is 17.1 Å². The minimum absolute atomic E-state index is 0.120. The molecule has 0 saturated carbocycles. The summed E-state index contributed by atoms with van der Waals surface area (Å²) in [5.41, 5.74) is 0.848. The fourth-order valence-electron chi connectivity index (χ4n) is 2.63. The average molecular weight is 426 g/mol. The lowest BCUT2D eigenvalue weighted by molar-refractivity contribution is -0.385. The Kier molecular flexibility index (Phi) is 6.29. The van der Waals surface area contributed by atoms with Crippen LogP contribution < -0.4 is 15.4 Å². The van der Waals surface area contributed by atoms with Crippen molar-refractivity contribution in [2.24, 2.45) is 0 Å². The molecule has 9 heteroatoms. The van der Waals surface area contributed by atoms with Gasteiger partial charge in [0.1, 0.15) is 11.3 Å². The van der Waals surface area contributed by atoms with Crippen LogP contribution in [0, 0.1) is 10.1 Å². The van der Waals surface area contributed by atoms with Crippen molar-refractivity contribution >= 4 is 40.5 Å². The number of amides is 2. The first-order valence-corrected chi connectivity index (χ1v) is 9.06. The summed E-state index contributed by atoms with van der Waals surface area (Å²) < 4.78 is 5.07. The largest absolute Gasteiger partial charge is 0.497 e. The predicted octanol–water partition coefficient (Wildman–Crippen LogP) is 4.76. The first kappa shape index (κ1) is 20.8. The van der Waals surface area contributed by atoms with Crippen molar-refractivity contribution in [1.29, 1.82) is 0 Å². The highest BCUT2D eigenvalue weighted by atomic mass is 35.5. The van der Waals surface area contributed by atoms with E-state index in [1.54, 1.807) is 31.4 Å². The normalized spacial score (nSPS) is 10.2. The fraction of sp³-hybridized carbons (Fsp3) is 0.0476. The molecule has 0 saturated heterocycles. The molecule has 3 rings (SSSR count). The molecule has 0 spiro atoms. The quantitative estimate of drug-likeness (QED) is 0.437. The Hall–Kier alpha value is -3.91. The molecule has 0 radical (unpaired) electrons. The van der Waals surface area contributed by atoms with Crippen LogP contribution in [0.5, 0.6) is 5.75 Å². The van der Waals surface area contributed by atoms with Crippen LogP contribution in [-0.4, -0.2) is 23.8 Å². The van der Waals surface area contributed by atoms with Gasteiger partial charge in [0.2, 0.25) is 0 Å². The van der Waals surface area contributed by atoms with Gasteiger partial charge in [-0.2, -0.15) is 0 Å². The summed E-state index contributed by atoms with van der Waals surface area (Å²) >= 11 is 5.77. The molecule has 8 nitrogen and oxygen atoms in total. The number of nitro benzene ring substituents is 1. The van der Waals surface area contributed by atoms with Crippen LogP contribution in [0.1, 0.15) is 20.7 Å². The van der Waals surface area contributed by atoms with Gasteiger partial charge in [0.15, 0.2) is 0 Å². The third-order valence-electron chi connectivity index (χ3n) is 4.15. The van der Waals surface area contributed by atoms with E-state index in [2.05, 4.69) is 10.6 Å². The number of ether oxygens (including phenoxy) is 1. The highest BCUT2D eigenvalue weighted by Gasteiger charge is 2.20. The Bertz CT molecular complexity index is 1100. The van der Waals surface area contributed by atoms with Crippen LogP contribution in [0.2, 0.25) is 5.02 Å². The van der Waals surface area contributed by atoms with Gasteiger partial charge in [-0.1, -0.05) is 11.6 Å². The zero-order valence-electron chi connectivity index (χ0n) is 15.7. The van der Waals surface area contributed by atoms with Crippen molar-refractivity contribution in [2.45, 2.75) is 0 Å². The van der Waals surface area contributed by atoms with Gasteiger partial charge in [0.25, 0.3) is 17.5 Å². The molecule has 0 heterocycles. The van der Waals surface area contributed by atoms with E-state index >= 15 is 0 Å². The number of rotatable bonds is 6. The third-order valence-corrected chi connectivity index (χ3v) is 4.39. The minimum Gasteiger partial charge on any atom is -0.497 e. The smallest absolute Gasteiger partial charge is 0.283 e. The lowest BCUT2D eigenvalue weighted by atomic mass is 10.1. The van der Waals surface area contributed by atoms with Crippen LogP contribution >= 0.6 is 11.6 Å². The molecule has 0 aromatic heterocycles. The number of carbonyl (C=O) groups is 2. The second kappa shape index (κ2) is 9.06. The topological polar surface area (TPSA) is 111 Å². The van der Waals surface area contributed by atoms with E-state index in [4.69, 9.17) is 16.3 Å². The van der Waals surface area contributed by atoms with Gasteiger partial charge >= 0.3 is 0 Å². The third kappa shape index (κ3) is 4.92. The molecule has 3 aromatic carbocycles. The number of hydrogen-bond donors (Lipinski definition) is 2. The Labute approximate surface area is 176 Å². The average Bonchev–Trinajstić information content (AvgIpc) is 2.74. The summed E-state index contributed by atoms with van der Waals surface area (Å²) in [5.74, 6) is -0.311. The first-order chi connectivity index (χ1) is 14.4. The summed E-state index contributed by atoms with van der Waals surface area (Å²) in [5, 5.41) is 16.6. The van der Waals surface area contributed by atoms with Crippen molar-refractivity contribution in [2.75, 3.05) is 17.7 Å². The zero-order chi connectivity index (χ0) is 21.7. The number of benzene rings is 3. The number of nitrogens with one attached hydrogen (secondary N) is 2. The van der Waals surface area contributed by atoms with Gasteiger partial charge < -0.3 is 15.4 Å². The van der Waals surface area contributed by atoms with E-state index in [1.807, 2.05) is 0 Å². The monoisotopic (exact) mass is 425 g/mol. The van der Waals surface area contributed by atoms with E-state index in [9.17, 15) is 19.7 Å². The van der Waals surface area contributed by atoms with Crippen molar-refractivity contribution in [3.63, 3.8) is 0 Å². The number of hydrogen-bond acceptors (Lipinski definition) is 5. The molecule has 3 aromatic rings. The summed E-state index contributed by atoms with van der Waals surface area (Å²) in [6.45, 7) is 0. The SMILES string of the molecule is COc1ccc(NC(=O)c2ccc(NC(=O)c3ccc(Cl)cc3[N+](=O)[O-])cc2)cc1. The van der Waals surface area contributed by atoms with Crippen molar-refractivity contribution in [3.8, 4) is 5.75 Å². The number of halogens is 1. The Morgan fingerprint density at radius 3 is 2.03 bits per heavy atom. The minimum atomic E-state index is -0.673. The number of anilines is 2. The fourth-order valence-corrected chi connectivity index (χ4v) is 2.80. The van der Waals surface area contributed by atoms with Crippen molar-refractivity contribution in [1.82, 2.24) is 0 Å². The maximum atomic E-state index is 12.4. The summed E-state index contributed by atoms with van der Waals surface area (Å²) in [4.78, 5) is 35.3. The van der Waals surface area contributed by atoms with Gasteiger partial charge in [-0.3, -0.25) is 19.7 Å². The molecule has 2 N–H and O–H groups in total. The second-order valence-electron chi connectivity index (χ2n) is 6.13. The highest BCUT2D eigenvalue weighted by Crippen LogP contribution is 2.24. The maximum Gasteiger partial charge on any atom is 0.283 e. The van der Waals surface area contributed by atoms with Gasteiger partial charge in [-0.05, 0) is 60.7 Å². The van der Waals surface area contributed by atoms with E-state index in [0.717, 1.165) is 6.07 Å². The van der Waals surface area contributed by atoms with Gasteiger partial charge in [0, 0.05) is 28.0 Å². The second-order valence-corrected chi connectivity index (χ2v) is 6.57. The van der Waals surface area contributed by atoms with Crippen LogP contribution in [-0.2, 0) is 0 Å². The zero-order valence-corrected chi connectivity index (χ0v) is 16.5. The number of carbonyl (C=O) groups excluding carboxylic acids is 2. The molecule has 0 aliphatic rings. The predicted molar refractivity (Wildman–Crippen MR) is 113 cm³/mol. The molecule has 0 aliphatic heterocycles. The van der Waals surface area contributed by atoms with Crippen molar-refractivity contribution < 1.29 is 19.2 Å². The molecular formula is C21H16ClN3O5. The molecular weight excluding hydrogens is 410 g/mol. The molecule has 152 valence electrons. The number of methoxy groups -OCH3 is 1. The lowest BCUT2D eigenvalue weighted by Crippen LogP contribution is -2.15. The van der Waals surface area contributed by atoms with E-state index in [-0.39, 0.29) is 16.5 Å². The number of nitro groups is 1. The van der Waals surface area contributed by atoms with Crippen LogP contribution in [0.25, 0.3) is 0 Å². The Morgan fingerprint density at radius 1 is 0.900 bits per heavy atom. The standard InChI is InChI=1S/C21H16ClN3O5/c1-30-17-9-7-16(8-10-17)23-20(26)13-2-5-15(6-3-13)24-21(27)18-11-4-14(22)12-19(18)25(28)29/h2-12H,1H3,(H,23,26)(H,24,27). The molecule has 0 atom stereocenters. The van der Waals surface area contributed by atoms with Gasteiger partial charge in [-0.15, -0.1) is 0 Å². The summed E-state index contributed by atoms with van der Waals surface area (Å²) in [6, 6.07) is 16.8. The molecule has 30 heavy (non-hydrogen) atoms. The Morgan fingerprint density at radius 2 is 1.47 bits per heavy atom. The van der Waals surface area contributed by atoms with Gasteiger partial charge in [-0.25, -0.2) is 0 Å². The summed E-state index contributed by atoms with van der Waals surface area (Å²) in [6.07, 6.45) is 0. The van der Waals surface area contributed by atoms with Crippen molar-refractivity contribution in [3.05, 3.63) is 93.0 Å². The molecule has 0 bridgehead atoms. The molecule has 0 fully saturated rings. The Balaban J connectivity index is 1.69. The van der Waals surface area contributed by atoms with Gasteiger partial charge in [0.05, 0.1) is 12.0 Å². The number of nitrogens with zero attached hydrogens (tertiary/aromatic N) is 1. The van der Waals surface area contributed by atoms with E-state index < -0.39 is 16.5 Å². The summed E-state index contributed by atoms with van der Waals surface area (Å²) in [7, 11) is 1.55. The van der Waals surface area contributed by atoms with Crippen LogP contribution in [0.15, 0.2) is 66.7 Å². The first-order valence-electron chi connectivity index (χ1n) is 8.68. The molecule has 2 amide bonds. The molecule has 0 unspecified atom stereocenters. The highest BCUT2D eigenvalue weighted by molar-refractivity contribution is 6.31. The maximum absolute atomic E-state index is 12.4. The van der Waals surface area contributed by atoms with Crippen LogP contribution in [0.3, 0.4) is 0 Å².